The molecule has 0 aromatic heterocycles. The Bertz CT molecular complexity index is 398. The number of rotatable bonds is 4. The second-order valence-electron chi connectivity index (χ2n) is 6.15. The minimum atomic E-state index is 0.570. The maximum atomic E-state index is 3.38. The topological polar surface area (TPSA) is 15.3 Å². The van der Waals surface area contributed by atoms with Gasteiger partial charge in [0.1, 0.15) is 0 Å². The van der Waals surface area contributed by atoms with Crippen molar-refractivity contribution in [1.29, 1.82) is 0 Å². The van der Waals surface area contributed by atoms with Crippen molar-refractivity contribution in [2.24, 2.45) is 5.92 Å². The fourth-order valence-corrected chi connectivity index (χ4v) is 3.48. The summed E-state index contributed by atoms with van der Waals surface area (Å²) in [6.07, 6.45) is 2.66. The number of hydrogen-bond donors (Lipinski definition) is 1. The lowest BCUT2D eigenvalue weighted by atomic mass is 9.83. The van der Waals surface area contributed by atoms with Crippen LogP contribution in [0.15, 0.2) is 24.3 Å². The highest BCUT2D eigenvalue weighted by molar-refractivity contribution is 5.26. The summed E-state index contributed by atoms with van der Waals surface area (Å²) in [5.41, 5.74) is 2.86. The lowest BCUT2D eigenvalue weighted by Gasteiger charge is -2.44. The molecule has 1 aliphatic rings. The zero-order valence-electron chi connectivity index (χ0n) is 12.8. The van der Waals surface area contributed by atoms with Crippen LogP contribution in [-0.2, 0) is 0 Å². The molecular weight excluding hydrogens is 232 g/mol. The SMILES string of the molecule is CNCC1CCCN(C(C)C)C1c1cccc(C)c1. The Morgan fingerprint density at radius 2 is 2.16 bits per heavy atom. The first-order chi connectivity index (χ1) is 9.13. The van der Waals surface area contributed by atoms with Crippen LogP contribution < -0.4 is 5.32 Å². The predicted octanol–water partition coefficient (Wildman–Crippen LogP) is 3.38. The van der Waals surface area contributed by atoms with Crippen molar-refractivity contribution in [3.05, 3.63) is 35.4 Å². The number of nitrogens with one attached hydrogen (secondary N) is 1. The molecule has 0 saturated carbocycles. The number of hydrogen-bond acceptors (Lipinski definition) is 2. The molecule has 0 spiro atoms. The Kier molecular flexibility index (Phi) is 5.00. The fraction of sp³-hybridized carbons (Fsp3) is 0.647. The second-order valence-corrected chi connectivity index (χ2v) is 6.15. The Balaban J connectivity index is 2.31. The molecule has 1 fully saturated rings. The Labute approximate surface area is 118 Å². The molecule has 2 heteroatoms. The number of aryl methyl sites for hydroxylation is 1. The van der Waals surface area contributed by atoms with Gasteiger partial charge < -0.3 is 5.32 Å². The first kappa shape index (κ1) is 14.5. The number of likely N-dealkylation sites (tertiary alicyclic amines) is 1. The third-order valence-electron chi connectivity index (χ3n) is 4.31. The van der Waals surface area contributed by atoms with Crippen molar-refractivity contribution in [2.45, 2.75) is 45.7 Å². The van der Waals surface area contributed by atoms with Crippen LogP contribution >= 0.6 is 0 Å². The van der Waals surface area contributed by atoms with Crippen LogP contribution in [0.3, 0.4) is 0 Å². The maximum Gasteiger partial charge on any atom is 0.0391 e. The van der Waals surface area contributed by atoms with Gasteiger partial charge in [-0.2, -0.15) is 0 Å². The Morgan fingerprint density at radius 1 is 1.37 bits per heavy atom. The van der Waals surface area contributed by atoms with Gasteiger partial charge >= 0.3 is 0 Å². The van der Waals surface area contributed by atoms with Crippen LogP contribution in [-0.4, -0.2) is 31.1 Å². The van der Waals surface area contributed by atoms with Crippen molar-refractivity contribution in [2.75, 3.05) is 20.1 Å². The number of nitrogens with zero attached hydrogens (tertiary/aromatic N) is 1. The van der Waals surface area contributed by atoms with Crippen LogP contribution in [0.2, 0.25) is 0 Å². The first-order valence-corrected chi connectivity index (χ1v) is 7.60. The van der Waals surface area contributed by atoms with Gasteiger partial charge in [-0.15, -0.1) is 0 Å². The smallest absolute Gasteiger partial charge is 0.0391 e. The predicted molar refractivity (Wildman–Crippen MR) is 82.4 cm³/mol. The third-order valence-corrected chi connectivity index (χ3v) is 4.31. The van der Waals surface area contributed by atoms with E-state index in [9.17, 15) is 0 Å². The quantitative estimate of drug-likeness (QED) is 0.893. The largest absolute Gasteiger partial charge is 0.319 e. The lowest BCUT2D eigenvalue weighted by Crippen LogP contribution is -2.45. The minimum absolute atomic E-state index is 0.570. The summed E-state index contributed by atoms with van der Waals surface area (Å²) in [7, 11) is 2.07. The van der Waals surface area contributed by atoms with E-state index in [0.717, 1.165) is 12.5 Å². The molecule has 2 nitrogen and oxygen atoms in total. The molecule has 1 saturated heterocycles. The highest BCUT2D eigenvalue weighted by Gasteiger charge is 2.33. The van der Waals surface area contributed by atoms with E-state index in [1.165, 1.54) is 30.5 Å². The van der Waals surface area contributed by atoms with Crippen LogP contribution in [0.1, 0.15) is 43.9 Å². The summed E-state index contributed by atoms with van der Waals surface area (Å²) in [5.74, 6) is 0.725. The third kappa shape index (κ3) is 3.37. The van der Waals surface area contributed by atoms with Crippen LogP contribution in [0.5, 0.6) is 0 Å². The van der Waals surface area contributed by atoms with E-state index in [1.54, 1.807) is 0 Å². The summed E-state index contributed by atoms with van der Waals surface area (Å²) in [6, 6.07) is 10.3. The van der Waals surface area contributed by atoms with Crippen LogP contribution in [0.4, 0.5) is 0 Å². The normalized spacial score (nSPS) is 24.9. The van der Waals surface area contributed by atoms with E-state index < -0.39 is 0 Å². The molecule has 1 aromatic carbocycles. The average molecular weight is 260 g/mol. The molecule has 2 rings (SSSR count). The minimum Gasteiger partial charge on any atom is -0.319 e. The van der Waals surface area contributed by atoms with Gasteiger partial charge in [0, 0.05) is 12.1 Å². The van der Waals surface area contributed by atoms with Crippen molar-refractivity contribution < 1.29 is 0 Å². The molecule has 1 N–H and O–H groups in total. The molecule has 2 atom stereocenters. The molecule has 1 heterocycles. The second kappa shape index (κ2) is 6.53. The highest BCUT2D eigenvalue weighted by Crippen LogP contribution is 2.37. The molecule has 106 valence electrons. The zero-order chi connectivity index (χ0) is 13.8. The first-order valence-electron chi connectivity index (χ1n) is 7.60. The van der Waals surface area contributed by atoms with E-state index in [4.69, 9.17) is 0 Å². The molecule has 1 aromatic rings. The van der Waals surface area contributed by atoms with Crippen LogP contribution in [0.25, 0.3) is 0 Å². The molecule has 0 bridgehead atoms. The number of piperidine rings is 1. The van der Waals surface area contributed by atoms with E-state index in [-0.39, 0.29) is 0 Å². The lowest BCUT2D eigenvalue weighted by molar-refractivity contribution is 0.0636. The maximum absolute atomic E-state index is 3.38. The van der Waals surface area contributed by atoms with Crippen molar-refractivity contribution in [3.63, 3.8) is 0 Å². The van der Waals surface area contributed by atoms with Crippen molar-refractivity contribution in [3.8, 4) is 0 Å². The molecule has 2 unspecified atom stereocenters. The highest BCUT2D eigenvalue weighted by atomic mass is 15.2. The van der Waals surface area contributed by atoms with E-state index >= 15 is 0 Å². The molecule has 19 heavy (non-hydrogen) atoms. The fourth-order valence-electron chi connectivity index (χ4n) is 3.48. The van der Waals surface area contributed by atoms with E-state index in [2.05, 4.69) is 62.3 Å². The summed E-state index contributed by atoms with van der Waals surface area (Å²) in [4.78, 5) is 2.68. The molecule has 1 aliphatic heterocycles. The molecule has 0 aliphatic carbocycles. The van der Waals surface area contributed by atoms with Crippen LogP contribution in [0, 0.1) is 12.8 Å². The molecule has 0 radical (unpaired) electrons. The van der Waals surface area contributed by atoms with Gasteiger partial charge in [-0.25, -0.2) is 0 Å². The van der Waals surface area contributed by atoms with Gasteiger partial charge in [0.05, 0.1) is 0 Å². The summed E-state index contributed by atoms with van der Waals surface area (Å²) >= 11 is 0. The summed E-state index contributed by atoms with van der Waals surface area (Å²) < 4.78 is 0. The van der Waals surface area contributed by atoms with E-state index in [1.807, 2.05) is 0 Å². The summed E-state index contributed by atoms with van der Waals surface area (Å²) in [5, 5.41) is 3.38. The standard InChI is InChI=1S/C17H28N2/c1-13(2)19-10-6-9-16(12-18-4)17(19)15-8-5-7-14(3)11-15/h5,7-8,11,13,16-18H,6,9-10,12H2,1-4H3. The number of benzene rings is 1. The Hall–Kier alpha value is -0.860. The van der Waals surface area contributed by atoms with Gasteiger partial charge in [0.25, 0.3) is 0 Å². The summed E-state index contributed by atoms with van der Waals surface area (Å²) in [6.45, 7) is 9.19. The average Bonchev–Trinajstić information content (AvgIpc) is 2.38. The van der Waals surface area contributed by atoms with Crippen molar-refractivity contribution >= 4 is 0 Å². The van der Waals surface area contributed by atoms with Crippen molar-refractivity contribution in [1.82, 2.24) is 10.2 Å². The van der Waals surface area contributed by atoms with Gasteiger partial charge in [-0.3, -0.25) is 4.90 Å². The van der Waals surface area contributed by atoms with Gasteiger partial charge in [0.2, 0.25) is 0 Å². The van der Waals surface area contributed by atoms with Gasteiger partial charge in [-0.1, -0.05) is 29.8 Å². The van der Waals surface area contributed by atoms with E-state index in [0.29, 0.717) is 12.1 Å². The Morgan fingerprint density at radius 3 is 2.79 bits per heavy atom. The van der Waals surface area contributed by atoms with Gasteiger partial charge in [0.15, 0.2) is 0 Å². The molecule has 0 amide bonds. The van der Waals surface area contributed by atoms with Gasteiger partial charge in [-0.05, 0) is 65.2 Å². The zero-order valence-corrected chi connectivity index (χ0v) is 12.8. The molecular formula is C17H28N2. The monoisotopic (exact) mass is 260 g/mol.